The molecule has 160 valence electrons. The maximum absolute atomic E-state index is 12.5. The molecule has 2 amide bonds. The zero-order valence-electron chi connectivity index (χ0n) is 18.4. The Hall–Kier alpha value is -2.70. The summed E-state index contributed by atoms with van der Waals surface area (Å²) < 4.78 is 0. The van der Waals surface area contributed by atoms with Gasteiger partial charge in [-0.05, 0) is 50.6 Å². The molecule has 2 aromatic carbocycles. The summed E-state index contributed by atoms with van der Waals surface area (Å²) >= 11 is 0. The number of likely N-dealkylation sites (N-methyl/N-ethyl adjacent to an activating group) is 1. The van der Waals surface area contributed by atoms with Gasteiger partial charge in [0.15, 0.2) is 0 Å². The maximum Gasteiger partial charge on any atom is 0.313 e. The standard InChI is InChI=1S/C24H32N4O2/c1-17-6-9-20(10-7-17)22(28-13-11-27(4)12-14-28)16-25-23(29)24(30)26-21-15-18(2)5-8-19(21)3/h5-10,15,22H,11-14,16H2,1-4H3,(H,25,29)(H,26,30)/t22-/m0/s1. The molecule has 1 fully saturated rings. The number of anilines is 1. The molecule has 0 radical (unpaired) electrons. The summed E-state index contributed by atoms with van der Waals surface area (Å²) in [6.45, 7) is 10.2. The van der Waals surface area contributed by atoms with Gasteiger partial charge in [0.1, 0.15) is 0 Å². The number of benzene rings is 2. The molecule has 1 atom stereocenters. The van der Waals surface area contributed by atoms with Crippen LogP contribution in [0.4, 0.5) is 5.69 Å². The first-order valence-corrected chi connectivity index (χ1v) is 10.5. The highest BCUT2D eigenvalue weighted by Crippen LogP contribution is 2.22. The predicted molar refractivity (Wildman–Crippen MR) is 121 cm³/mol. The largest absolute Gasteiger partial charge is 0.346 e. The van der Waals surface area contributed by atoms with Gasteiger partial charge in [-0.1, -0.05) is 42.0 Å². The molecule has 1 heterocycles. The molecule has 0 aromatic heterocycles. The van der Waals surface area contributed by atoms with Crippen LogP contribution in [0.5, 0.6) is 0 Å². The van der Waals surface area contributed by atoms with E-state index in [9.17, 15) is 9.59 Å². The number of rotatable bonds is 5. The van der Waals surface area contributed by atoms with E-state index < -0.39 is 11.8 Å². The highest BCUT2D eigenvalue weighted by atomic mass is 16.2. The monoisotopic (exact) mass is 408 g/mol. The molecular formula is C24H32N4O2. The van der Waals surface area contributed by atoms with Gasteiger partial charge in [0, 0.05) is 38.4 Å². The Balaban J connectivity index is 1.66. The van der Waals surface area contributed by atoms with E-state index in [1.807, 2.05) is 32.0 Å². The van der Waals surface area contributed by atoms with Crippen molar-refractivity contribution >= 4 is 17.5 Å². The quantitative estimate of drug-likeness (QED) is 0.747. The van der Waals surface area contributed by atoms with Gasteiger partial charge in [-0.25, -0.2) is 0 Å². The first-order valence-electron chi connectivity index (χ1n) is 10.5. The van der Waals surface area contributed by atoms with E-state index in [1.165, 1.54) is 5.56 Å². The summed E-state index contributed by atoms with van der Waals surface area (Å²) in [7, 11) is 2.12. The Bertz CT molecular complexity index is 887. The molecule has 0 spiro atoms. The van der Waals surface area contributed by atoms with Crippen LogP contribution in [0.25, 0.3) is 0 Å². The fourth-order valence-corrected chi connectivity index (χ4v) is 3.70. The average molecular weight is 409 g/mol. The lowest BCUT2D eigenvalue weighted by Crippen LogP contribution is -2.49. The van der Waals surface area contributed by atoms with Gasteiger partial charge >= 0.3 is 11.8 Å². The average Bonchev–Trinajstić information content (AvgIpc) is 2.73. The number of nitrogens with zero attached hydrogens (tertiary/aromatic N) is 2. The van der Waals surface area contributed by atoms with Crippen LogP contribution in [0.3, 0.4) is 0 Å². The first-order chi connectivity index (χ1) is 14.3. The van der Waals surface area contributed by atoms with Gasteiger partial charge in [-0.3, -0.25) is 14.5 Å². The van der Waals surface area contributed by atoms with Crippen molar-refractivity contribution in [1.82, 2.24) is 15.1 Å². The molecule has 30 heavy (non-hydrogen) atoms. The minimum atomic E-state index is -0.635. The number of carbonyl (C=O) groups excluding carboxylic acids is 2. The number of aryl methyl sites for hydroxylation is 3. The Morgan fingerprint density at radius 1 is 0.900 bits per heavy atom. The van der Waals surface area contributed by atoms with Crippen LogP contribution in [-0.2, 0) is 9.59 Å². The van der Waals surface area contributed by atoms with E-state index in [0.717, 1.165) is 42.9 Å². The predicted octanol–water partition coefficient (Wildman–Crippen LogP) is 2.66. The topological polar surface area (TPSA) is 64.7 Å². The fourth-order valence-electron chi connectivity index (χ4n) is 3.70. The molecule has 6 nitrogen and oxygen atoms in total. The van der Waals surface area contributed by atoms with Crippen LogP contribution in [0.1, 0.15) is 28.3 Å². The van der Waals surface area contributed by atoms with Crippen molar-refractivity contribution in [1.29, 1.82) is 0 Å². The molecule has 0 bridgehead atoms. The van der Waals surface area contributed by atoms with E-state index in [4.69, 9.17) is 0 Å². The molecule has 2 N–H and O–H groups in total. The number of carbonyl (C=O) groups is 2. The zero-order chi connectivity index (χ0) is 21.7. The van der Waals surface area contributed by atoms with Crippen LogP contribution >= 0.6 is 0 Å². The van der Waals surface area contributed by atoms with Crippen molar-refractivity contribution in [3.63, 3.8) is 0 Å². The maximum atomic E-state index is 12.5. The highest BCUT2D eigenvalue weighted by Gasteiger charge is 2.25. The molecule has 1 aliphatic heterocycles. The van der Waals surface area contributed by atoms with Gasteiger partial charge in [-0.15, -0.1) is 0 Å². The third-order valence-electron chi connectivity index (χ3n) is 5.74. The van der Waals surface area contributed by atoms with Gasteiger partial charge in [0.05, 0.1) is 6.04 Å². The molecule has 0 aliphatic carbocycles. The van der Waals surface area contributed by atoms with E-state index >= 15 is 0 Å². The molecule has 0 unspecified atom stereocenters. The summed E-state index contributed by atoms with van der Waals surface area (Å²) in [6.07, 6.45) is 0. The number of amides is 2. The zero-order valence-corrected chi connectivity index (χ0v) is 18.4. The molecule has 6 heteroatoms. The van der Waals surface area contributed by atoms with Crippen LogP contribution in [-0.4, -0.2) is 61.4 Å². The lowest BCUT2D eigenvalue weighted by molar-refractivity contribution is -0.136. The Morgan fingerprint density at radius 2 is 1.53 bits per heavy atom. The van der Waals surface area contributed by atoms with Crippen molar-refractivity contribution in [3.05, 3.63) is 64.7 Å². The summed E-state index contributed by atoms with van der Waals surface area (Å²) in [5.74, 6) is -1.24. The summed E-state index contributed by atoms with van der Waals surface area (Å²) in [4.78, 5) is 29.7. The van der Waals surface area contributed by atoms with Gasteiger partial charge in [0.2, 0.25) is 0 Å². The Morgan fingerprint density at radius 3 is 2.20 bits per heavy atom. The van der Waals surface area contributed by atoms with E-state index in [0.29, 0.717) is 12.2 Å². The molecule has 1 aliphatic rings. The number of hydrogen-bond donors (Lipinski definition) is 2. The summed E-state index contributed by atoms with van der Waals surface area (Å²) in [6, 6.07) is 14.2. The van der Waals surface area contributed by atoms with Gasteiger partial charge in [0.25, 0.3) is 0 Å². The first kappa shape index (κ1) is 22.0. The second kappa shape index (κ2) is 9.87. The third kappa shape index (κ3) is 5.68. The SMILES string of the molecule is Cc1ccc([C@H](CNC(=O)C(=O)Nc2cc(C)ccc2C)N2CCN(C)CC2)cc1. The summed E-state index contributed by atoms with van der Waals surface area (Å²) in [5.41, 5.74) is 4.99. The number of hydrogen-bond acceptors (Lipinski definition) is 4. The minimum absolute atomic E-state index is 0.0387. The Kier molecular flexibility index (Phi) is 7.24. The second-order valence-corrected chi connectivity index (χ2v) is 8.25. The Labute approximate surface area is 179 Å². The molecule has 2 aromatic rings. The van der Waals surface area contributed by atoms with Crippen LogP contribution in [0.2, 0.25) is 0 Å². The number of piperazine rings is 1. The lowest BCUT2D eigenvalue weighted by Gasteiger charge is -2.38. The molecule has 0 saturated carbocycles. The van der Waals surface area contributed by atoms with Crippen molar-refractivity contribution in [2.75, 3.05) is 45.1 Å². The number of nitrogens with one attached hydrogen (secondary N) is 2. The van der Waals surface area contributed by atoms with E-state index in [2.05, 4.69) is 58.7 Å². The molecule has 3 rings (SSSR count). The van der Waals surface area contributed by atoms with Crippen molar-refractivity contribution in [2.24, 2.45) is 0 Å². The van der Waals surface area contributed by atoms with Crippen molar-refractivity contribution < 1.29 is 9.59 Å². The van der Waals surface area contributed by atoms with Crippen LogP contribution in [0, 0.1) is 20.8 Å². The van der Waals surface area contributed by atoms with Gasteiger partial charge in [-0.2, -0.15) is 0 Å². The normalized spacial score (nSPS) is 16.1. The van der Waals surface area contributed by atoms with Gasteiger partial charge < -0.3 is 15.5 Å². The minimum Gasteiger partial charge on any atom is -0.346 e. The molecular weight excluding hydrogens is 376 g/mol. The molecule has 1 saturated heterocycles. The van der Waals surface area contributed by atoms with Crippen LogP contribution in [0.15, 0.2) is 42.5 Å². The lowest BCUT2D eigenvalue weighted by atomic mass is 10.0. The summed E-state index contributed by atoms with van der Waals surface area (Å²) in [5, 5.41) is 5.59. The fraction of sp³-hybridized carbons (Fsp3) is 0.417. The van der Waals surface area contributed by atoms with Crippen molar-refractivity contribution in [3.8, 4) is 0 Å². The van der Waals surface area contributed by atoms with Crippen molar-refractivity contribution in [2.45, 2.75) is 26.8 Å². The highest BCUT2D eigenvalue weighted by molar-refractivity contribution is 6.39. The van der Waals surface area contributed by atoms with Crippen LogP contribution < -0.4 is 10.6 Å². The van der Waals surface area contributed by atoms with E-state index in [-0.39, 0.29) is 6.04 Å². The smallest absolute Gasteiger partial charge is 0.313 e. The third-order valence-corrected chi connectivity index (χ3v) is 5.74. The second-order valence-electron chi connectivity index (χ2n) is 8.25. The van der Waals surface area contributed by atoms with E-state index in [1.54, 1.807) is 0 Å².